The van der Waals surface area contributed by atoms with E-state index >= 15 is 0 Å². The molecule has 0 spiro atoms. The highest BCUT2D eigenvalue weighted by atomic mass is 32.2. The number of hydrogen-bond acceptors (Lipinski definition) is 4. The van der Waals surface area contributed by atoms with E-state index in [0.717, 1.165) is 45.3 Å². The van der Waals surface area contributed by atoms with Gasteiger partial charge in [0.15, 0.2) is 0 Å². The lowest BCUT2D eigenvalue weighted by Crippen LogP contribution is -2.14. The number of amides is 2. The molecule has 0 unspecified atom stereocenters. The van der Waals surface area contributed by atoms with Gasteiger partial charge in [-0.3, -0.25) is 9.59 Å². The Bertz CT molecular complexity index is 688. The summed E-state index contributed by atoms with van der Waals surface area (Å²) in [5.74, 6) is 1.71. The molecule has 0 aliphatic carbocycles. The molecule has 2 aromatic rings. The highest BCUT2D eigenvalue weighted by Crippen LogP contribution is 2.47. The van der Waals surface area contributed by atoms with Crippen molar-refractivity contribution in [3.63, 3.8) is 0 Å². The third kappa shape index (κ3) is 3.89. The van der Waals surface area contributed by atoms with Gasteiger partial charge in [0, 0.05) is 13.1 Å². The molecule has 24 heavy (non-hydrogen) atoms. The first kappa shape index (κ1) is 16.4. The molecule has 6 heteroatoms. The van der Waals surface area contributed by atoms with Crippen LogP contribution >= 0.6 is 11.8 Å². The predicted octanol–water partition coefficient (Wildman–Crippen LogP) is 2.52. The Kier molecular flexibility index (Phi) is 5.38. The van der Waals surface area contributed by atoms with Crippen molar-refractivity contribution in [2.75, 3.05) is 13.1 Å². The first-order valence-electron chi connectivity index (χ1n) is 7.76. The van der Waals surface area contributed by atoms with E-state index in [1.54, 1.807) is 11.8 Å². The van der Waals surface area contributed by atoms with Crippen molar-refractivity contribution in [3.05, 3.63) is 47.5 Å². The molecule has 124 valence electrons. The van der Waals surface area contributed by atoms with Gasteiger partial charge in [0.25, 0.3) is 0 Å². The van der Waals surface area contributed by atoms with Crippen molar-refractivity contribution in [1.82, 2.24) is 10.6 Å². The van der Waals surface area contributed by atoms with E-state index in [2.05, 4.69) is 22.8 Å². The molecular formula is C18H18N2O3S. The van der Waals surface area contributed by atoms with Gasteiger partial charge in [0.05, 0.1) is 9.79 Å². The fourth-order valence-corrected chi connectivity index (χ4v) is 3.61. The smallest absolute Gasteiger partial charge is 0.207 e. The molecule has 0 saturated carbocycles. The van der Waals surface area contributed by atoms with Crippen LogP contribution in [0, 0.1) is 0 Å². The zero-order valence-corrected chi connectivity index (χ0v) is 13.9. The highest BCUT2D eigenvalue weighted by molar-refractivity contribution is 7.99. The van der Waals surface area contributed by atoms with Gasteiger partial charge in [-0.2, -0.15) is 0 Å². The molecule has 1 aliphatic rings. The number of nitrogens with one attached hydrogen (secondary N) is 2. The fraction of sp³-hybridized carbons (Fsp3) is 0.222. The first-order chi connectivity index (χ1) is 11.8. The topological polar surface area (TPSA) is 67.4 Å². The summed E-state index contributed by atoms with van der Waals surface area (Å²) in [6.07, 6.45) is 3.01. The van der Waals surface area contributed by atoms with Crippen LogP contribution in [0.3, 0.4) is 0 Å². The minimum Gasteiger partial charge on any atom is -0.455 e. The van der Waals surface area contributed by atoms with Crippen LogP contribution < -0.4 is 15.4 Å². The Morgan fingerprint density at radius 2 is 1.33 bits per heavy atom. The zero-order chi connectivity index (χ0) is 16.8. The summed E-state index contributed by atoms with van der Waals surface area (Å²) in [7, 11) is 0. The molecule has 0 atom stereocenters. The maximum absolute atomic E-state index is 10.3. The molecule has 0 aromatic heterocycles. The van der Waals surface area contributed by atoms with Gasteiger partial charge in [-0.1, -0.05) is 23.9 Å². The van der Waals surface area contributed by atoms with E-state index < -0.39 is 0 Å². The standard InChI is InChI=1S/C18H18N2O3S/c21-11-19-7-5-13-1-3-15-17(9-13)24-18-10-14(6-8-20-12-22)2-4-16(18)23-15/h1-4,9-12H,5-8H2,(H,19,21)(H,20,22). The predicted molar refractivity (Wildman–Crippen MR) is 92.6 cm³/mol. The normalized spacial score (nSPS) is 11.7. The van der Waals surface area contributed by atoms with Gasteiger partial charge in [0.2, 0.25) is 12.8 Å². The average molecular weight is 342 g/mol. The monoisotopic (exact) mass is 342 g/mol. The Balaban J connectivity index is 1.73. The van der Waals surface area contributed by atoms with Gasteiger partial charge in [-0.15, -0.1) is 0 Å². The van der Waals surface area contributed by atoms with Gasteiger partial charge in [0.1, 0.15) is 11.5 Å². The van der Waals surface area contributed by atoms with Crippen LogP contribution in [0.15, 0.2) is 46.2 Å². The van der Waals surface area contributed by atoms with Crippen molar-refractivity contribution in [3.8, 4) is 11.5 Å². The van der Waals surface area contributed by atoms with E-state index in [0.29, 0.717) is 25.9 Å². The maximum atomic E-state index is 10.3. The van der Waals surface area contributed by atoms with Crippen LogP contribution in [-0.4, -0.2) is 25.9 Å². The third-order valence-corrected chi connectivity index (χ3v) is 4.82. The summed E-state index contributed by atoms with van der Waals surface area (Å²) in [4.78, 5) is 22.8. The minimum atomic E-state index is 0.623. The summed E-state index contributed by atoms with van der Waals surface area (Å²) in [6, 6.07) is 12.2. The molecule has 2 N–H and O–H groups in total. The lowest BCUT2D eigenvalue weighted by atomic mass is 10.1. The lowest BCUT2D eigenvalue weighted by molar-refractivity contribution is -0.110. The van der Waals surface area contributed by atoms with E-state index in [1.807, 2.05) is 24.3 Å². The molecular weight excluding hydrogens is 324 g/mol. The quantitative estimate of drug-likeness (QED) is 0.488. The molecule has 3 rings (SSSR count). The number of carbonyl (C=O) groups excluding carboxylic acids is 2. The second kappa shape index (κ2) is 7.88. The van der Waals surface area contributed by atoms with Gasteiger partial charge in [-0.05, 0) is 48.2 Å². The molecule has 1 aliphatic heterocycles. The van der Waals surface area contributed by atoms with Crippen LogP contribution in [0.4, 0.5) is 0 Å². The van der Waals surface area contributed by atoms with Crippen molar-refractivity contribution in [2.24, 2.45) is 0 Å². The van der Waals surface area contributed by atoms with E-state index in [4.69, 9.17) is 4.74 Å². The number of fused-ring (bicyclic) bond motifs is 2. The second-order valence-corrected chi connectivity index (χ2v) is 6.49. The van der Waals surface area contributed by atoms with Crippen LogP contribution in [0.5, 0.6) is 11.5 Å². The highest BCUT2D eigenvalue weighted by Gasteiger charge is 2.18. The Morgan fingerprint density at radius 1 is 0.833 bits per heavy atom. The van der Waals surface area contributed by atoms with E-state index in [9.17, 15) is 9.59 Å². The minimum absolute atomic E-state index is 0.623. The third-order valence-electron chi connectivity index (χ3n) is 3.74. The van der Waals surface area contributed by atoms with Crippen molar-refractivity contribution in [2.45, 2.75) is 22.6 Å². The molecule has 0 radical (unpaired) electrons. The molecule has 1 heterocycles. The molecule has 2 amide bonds. The Labute approximate surface area is 144 Å². The number of ether oxygens (including phenoxy) is 1. The maximum Gasteiger partial charge on any atom is 0.207 e. The molecule has 2 aromatic carbocycles. The van der Waals surface area contributed by atoms with Crippen LogP contribution in [0.1, 0.15) is 11.1 Å². The Morgan fingerprint density at radius 3 is 1.79 bits per heavy atom. The first-order valence-corrected chi connectivity index (χ1v) is 8.57. The molecule has 0 saturated heterocycles. The Hall–Kier alpha value is -2.47. The van der Waals surface area contributed by atoms with E-state index in [-0.39, 0.29) is 0 Å². The number of rotatable bonds is 8. The summed E-state index contributed by atoms with van der Waals surface area (Å²) in [5, 5.41) is 5.35. The number of benzene rings is 2. The lowest BCUT2D eigenvalue weighted by Gasteiger charge is -2.21. The summed E-state index contributed by atoms with van der Waals surface area (Å²) in [6.45, 7) is 1.25. The summed E-state index contributed by atoms with van der Waals surface area (Å²) < 4.78 is 5.97. The average Bonchev–Trinajstić information content (AvgIpc) is 2.60. The van der Waals surface area contributed by atoms with Crippen molar-refractivity contribution in [1.29, 1.82) is 0 Å². The van der Waals surface area contributed by atoms with Gasteiger partial charge >= 0.3 is 0 Å². The SMILES string of the molecule is O=CNCCc1ccc2c(c1)Sc1cc(CCNC=O)ccc1O2. The summed E-state index contributed by atoms with van der Waals surface area (Å²) in [5.41, 5.74) is 2.32. The fourth-order valence-electron chi connectivity index (χ4n) is 2.53. The number of hydrogen-bond donors (Lipinski definition) is 2. The van der Waals surface area contributed by atoms with Crippen LogP contribution in [0.2, 0.25) is 0 Å². The number of carbonyl (C=O) groups is 2. The molecule has 0 fully saturated rings. The zero-order valence-electron chi connectivity index (χ0n) is 13.1. The van der Waals surface area contributed by atoms with Crippen molar-refractivity contribution < 1.29 is 14.3 Å². The van der Waals surface area contributed by atoms with Gasteiger partial charge in [-0.25, -0.2) is 0 Å². The molecule has 5 nitrogen and oxygen atoms in total. The second-order valence-electron chi connectivity index (χ2n) is 5.41. The van der Waals surface area contributed by atoms with Gasteiger partial charge < -0.3 is 15.4 Å². The largest absolute Gasteiger partial charge is 0.455 e. The van der Waals surface area contributed by atoms with E-state index in [1.165, 1.54) is 0 Å². The summed E-state index contributed by atoms with van der Waals surface area (Å²) >= 11 is 1.68. The van der Waals surface area contributed by atoms with Crippen molar-refractivity contribution >= 4 is 24.6 Å². The van der Waals surface area contributed by atoms with Crippen LogP contribution in [-0.2, 0) is 22.4 Å². The van der Waals surface area contributed by atoms with Crippen LogP contribution in [0.25, 0.3) is 0 Å². The molecule has 0 bridgehead atoms.